The molecule has 314 valence electrons. The average molecular weight is 840 g/mol. The number of anilines is 2. The second kappa shape index (κ2) is 16.8. The standard InChI is InChI=1S/C43H47ClFN9O6/c1-24-21-51(22-25(2)52(24)23-26-13-15-50(16-14-26)38-11-9-35(40(47)56)48-49-38)37-19-32-31(18-34(37)45)41(57)54(42(32)58)36-10-12-39(55)53(43(36)59)28-4-7-29(8-5-28)60-30-6-3-27(20-46)33(44)17-30/h3,6,9,11,17-19,24-26,28-29,36H,4-5,7-8,10,12-16,21-23H2,1-2H3,(H2,47,56)/t24-,25-,28?,29?,36-/m1/s1. The molecule has 1 saturated carbocycles. The number of carbonyl (C=O) groups excluding carboxylic acids is 5. The van der Waals surface area contributed by atoms with Crippen molar-refractivity contribution in [2.75, 3.05) is 42.5 Å². The van der Waals surface area contributed by atoms with Crippen LogP contribution in [-0.2, 0) is 9.59 Å². The molecule has 1 aromatic heterocycles. The van der Waals surface area contributed by atoms with E-state index < -0.39 is 41.5 Å². The maximum atomic E-state index is 16.0. The number of piperidine rings is 2. The number of ether oxygens (including phenoxy) is 1. The van der Waals surface area contributed by atoms with Crippen molar-refractivity contribution in [1.82, 2.24) is 24.9 Å². The van der Waals surface area contributed by atoms with E-state index in [2.05, 4.69) is 33.8 Å². The second-order valence-corrected chi connectivity index (χ2v) is 17.1. The van der Waals surface area contributed by atoms with Crippen molar-refractivity contribution >= 4 is 52.6 Å². The Kier molecular flexibility index (Phi) is 11.5. The summed E-state index contributed by atoms with van der Waals surface area (Å²) in [5.74, 6) is -1.89. The summed E-state index contributed by atoms with van der Waals surface area (Å²) in [5, 5.41) is 17.6. The lowest BCUT2D eigenvalue weighted by Gasteiger charge is -2.47. The number of hydrogen-bond donors (Lipinski definition) is 1. The Balaban J connectivity index is 0.883. The van der Waals surface area contributed by atoms with Crippen LogP contribution in [0, 0.1) is 23.1 Å². The highest BCUT2D eigenvalue weighted by molar-refractivity contribution is 6.31. The maximum absolute atomic E-state index is 16.0. The molecular formula is C43H47ClFN9O6. The van der Waals surface area contributed by atoms with Gasteiger partial charge in [-0.15, -0.1) is 10.2 Å². The molecule has 60 heavy (non-hydrogen) atoms. The first kappa shape index (κ1) is 41.1. The number of benzene rings is 2. The lowest BCUT2D eigenvalue weighted by molar-refractivity contribution is -0.155. The van der Waals surface area contributed by atoms with Gasteiger partial charge in [0.05, 0.1) is 33.5 Å². The number of imide groups is 2. The molecule has 2 aromatic carbocycles. The van der Waals surface area contributed by atoms with E-state index in [4.69, 9.17) is 27.3 Å². The molecule has 5 aliphatic rings. The molecule has 5 amide bonds. The van der Waals surface area contributed by atoms with Gasteiger partial charge < -0.3 is 20.3 Å². The predicted molar refractivity (Wildman–Crippen MR) is 218 cm³/mol. The zero-order valence-corrected chi connectivity index (χ0v) is 34.3. The van der Waals surface area contributed by atoms with Crippen LogP contribution in [0.5, 0.6) is 5.75 Å². The number of nitriles is 1. The number of carbonyl (C=O) groups is 5. The van der Waals surface area contributed by atoms with Crippen LogP contribution in [0.15, 0.2) is 42.5 Å². The van der Waals surface area contributed by atoms with E-state index in [0.717, 1.165) is 43.4 Å². The van der Waals surface area contributed by atoms with Crippen molar-refractivity contribution < 1.29 is 33.1 Å². The number of aromatic nitrogens is 2. The molecule has 15 nitrogen and oxygen atoms in total. The van der Waals surface area contributed by atoms with Crippen LogP contribution < -0.4 is 20.3 Å². The molecule has 8 rings (SSSR count). The van der Waals surface area contributed by atoms with Gasteiger partial charge >= 0.3 is 0 Å². The number of likely N-dealkylation sites (tertiary alicyclic amines) is 1. The van der Waals surface area contributed by atoms with Crippen molar-refractivity contribution in [2.24, 2.45) is 11.7 Å². The average Bonchev–Trinajstić information content (AvgIpc) is 3.47. The normalized spacial score (nSPS) is 25.4. The van der Waals surface area contributed by atoms with Crippen molar-refractivity contribution in [1.29, 1.82) is 5.26 Å². The van der Waals surface area contributed by atoms with E-state index in [-0.39, 0.29) is 59.4 Å². The Morgan fingerprint density at radius 3 is 2.18 bits per heavy atom. The summed E-state index contributed by atoms with van der Waals surface area (Å²) in [7, 11) is 0. The lowest BCUT2D eigenvalue weighted by atomic mass is 9.89. The fourth-order valence-electron chi connectivity index (χ4n) is 9.66. The van der Waals surface area contributed by atoms with Crippen molar-refractivity contribution in [2.45, 2.75) is 95.5 Å². The Labute approximate surface area is 352 Å². The monoisotopic (exact) mass is 839 g/mol. The van der Waals surface area contributed by atoms with Gasteiger partial charge in [0.2, 0.25) is 5.91 Å². The second-order valence-electron chi connectivity index (χ2n) is 16.7. The van der Waals surface area contributed by atoms with Crippen LogP contribution in [0.4, 0.5) is 15.9 Å². The topological polar surface area (TPSA) is 186 Å². The number of rotatable bonds is 9. The molecule has 3 atom stereocenters. The van der Waals surface area contributed by atoms with E-state index in [1.165, 1.54) is 11.0 Å². The Bertz CT molecular complexity index is 2240. The number of amides is 5. The van der Waals surface area contributed by atoms with Crippen LogP contribution in [0.2, 0.25) is 5.02 Å². The molecule has 0 unspecified atom stereocenters. The highest BCUT2D eigenvalue weighted by Crippen LogP contribution is 2.37. The Hall–Kier alpha value is -5.66. The molecule has 3 saturated heterocycles. The van der Waals surface area contributed by atoms with Gasteiger partial charge in [-0.3, -0.25) is 38.7 Å². The lowest BCUT2D eigenvalue weighted by Crippen LogP contribution is -2.59. The molecule has 4 fully saturated rings. The first-order valence-electron chi connectivity index (χ1n) is 20.6. The van der Waals surface area contributed by atoms with Gasteiger partial charge in [-0.2, -0.15) is 5.26 Å². The molecule has 17 heteroatoms. The summed E-state index contributed by atoms with van der Waals surface area (Å²) < 4.78 is 22.1. The number of nitrogens with two attached hydrogens (primary N) is 1. The van der Waals surface area contributed by atoms with E-state index in [1.807, 2.05) is 11.0 Å². The van der Waals surface area contributed by atoms with Crippen molar-refractivity contribution in [3.8, 4) is 11.8 Å². The third-order valence-electron chi connectivity index (χ3n) is 12.8. The van der Waals surface area contributed by atoms with Crippen LogP contribution >= 0.6 is 11.6 Å². The molecule has 1 aliphatic carbocycles. The van der Waals surface area contributed by atoms with Gasteiger partial charge in [0.25, 0.3) is 23.6 Å². The van der Waals surface area contributed by atoms with Gasteiger partial charge in [-0.25, -0.2) is 4.39 Å². The number of halogens is 2. The summed E-state index contributed by atoms with van der Waals surface area (Å²) in [6.45, 7) is 7.74. The Morgan fingerprint density at radius 2 is 1.57 bits per heavy atom. The highest BCUT2D eigenvalue weighted by atomic mass is 35.5. The zero-order chi connectivity index (χ0) is 42.4. The molecule has 2 N–H and O–H groups in total. The van der Waals surface area contributed by atoms with E-state index >= 15 is 4.39 Å². The van der Waals surface area contributed by atoms with Crippen LogP contribution in [0.25, 0.3) is 0 Å². The molecule has 3 aromatic rings. The summed E-state index contributed by atoms with van der Waals surface area (Å²) in [5.41, 5.74) is 5.98. The summed E-state index contributed by atoms with van der Waals surface area (Å²) in [6.07, 6.45) is 3.77. The third-order valence-corrected chi connectivity index (χ3v) is 13.2. The van der Waals surface area contributed by atoms with Gasteiger partial charge in [-0.1, -0.05) is 11.6 Å². The SMILES string of the molecule is C[C@@H]1CN(c2cc3c(cc2F)C(=O)N([C@@H]2CCC(=O)N(C4CCC(Oc5ccc(C#N)c(Cl)c5)CC4)C2=O)C3=O)C[C@@H](C)N1CC1CCN(c2ccc(C(N)=O)nn2)CC1. The maximum Gasteiger partial charge on any atom is 0.269 e. The van der Waals surface area contributed by atoms with E-state index in [1.54, 1.807) is 30.3 Å². The van der Waals surface area contributed by atoms with Crippen LogP contribution in [-0.4, -0.2) is 117 Å². The fourth-order valence-corrected chi connectivity index (χ4v) is 9.87. The minimum Gasteiger partial charge on any atom is -0.490 e. The summed E-state index contributed by atoms with van der Waals surface area (Å²) in [4.78, 5) is 75.2. The van der Waals surface area contributed by atoms with Gasteiger partial charge in [0.15, 0.2) is 11.5 Å². The van der Waals surface area contributed by atoms with Crippen LogP contribution in [0.1, 0.15) is 102 Å². The minimum absolute atomic E-state index is 0.00104. The molecular weight excluding hydrogens is 793 g/mol. The summed E-state index contributed by atoms with van der Waals surface area (Å²) >= 11 is 6.17. The molecule has 0 radical (unpaired) electrons. The smallest absolute Gasteiger partial charge is 0.269 e. The largest absolute Gasteiger partial charge is 0.490 e. The number of nitrogens with zero attached hydrogens (tertiary/aromatic N) is 8. The Morgan fingerprint density at radius 1 is 0.883 bits per heavy atom. The van der Waals surface area contributed by atoms with Crippen LogP contribution in [0.3, 0.4) is 0 Å². The zero-order valence-electron chi connectivity index (χ0n) is 33.6. The first-order chi connectivity index (χ1) is 28.8. The van der Waals surface area contributed by atoms with Crippen molar-refractivity contribution in [3.05, 3.63) is 75.7 Å². The molecule has 4 aliphatic heterocycles. The number of hydrogen-bond acceptors (Lipinski definition) is 12. The predicted octanol–water partition coefficient (Wildman–Crippen LogP) is 4.56. The van der Waals surface area contributed by atoms with Gasteiger partial charge in [0, 0.05) is 63.3 Å². The number of fused-ring (bicyclic) bond motifs is 1. The van der Waals surface area contributed by atoms with E-state index in [0.29, 0.717) is 66.8 Å². The highest BCUT2D eigenvalue weighted by Gasteiger charge is 2.49. The quantitative estimate of drug-likeness (QED) is 0.297. The first-order valence-corrected chi connectivity index (χ1v) is 21.0. The van der Waals surface area contributed by atoms with Crippen molar-refractivity contribution in [3.63, 3.8) is 0 Å². The number of primary amides is 1. The van der Waals surface area contributed by atoms with Gasteiger partial charge in [-0.05, 0) is 101 Å². The van der Waals surface area contributed by atoms with E-state index in [9.17, 15) is 24.0 Å². The molecule has 5 heterocycles. The minimum atomic E-state index is -1.18. The number of piperazine rings is 1. The summed E-state index contributed by atoms with van der Waals surface area (Å²) in [6, 6.07) is 11.3. The molecule has 0 bridgehead atoms. The fraction of sp³-hybridized carbons (Fsp3) is 0.488. The van der Waals surface area contributed by atoms with Gasteiger partial charge in [0.1, 0.15) is 23.7 Å². The third kappa shape index (κ3) is 7.88. The molecule has 0 spiro atoms.